The SMILES string of the molecule is CCC(C)(NC(=O)NCCCCCC(=O)O)C(N)=O. The molecule has 0 aliphatic rings. The number of carboxylic acid groups (broad SMARTS) is 1. The highest BCUT2D eigenvalue weighted by Crippen LogP contribution is 2.07. The minimum absolute atomic E-state index is 0.141. The molecule has 7 nitrogen and oxygen atoms in total. The maximum Gasteiger partial charge on any atom is 0.315 e. The topological polar surface area (TPSA) is 122 Å². The second kappa shape index (κ2) is 8.34. The highest BCUT2D eigenvalue weighted by atomic mass is 16.4. The Morgan fingerprint density at radius 2 is 1.84 bits per heavy atom. The van der Waals surface area contributed by atoms with Crippen LogP contribution < -0.4 is 16.4 Å². The van der Waals surface area contributed by atoms with Crippen LogP contribution in [0.15, 0.2) is 0 Å². The van der Waals surface area contributed by atoms with E-state index in [2.05, 4.69) is 10.6 Å². The van der Waals surface area contributed by atoms with Gasteiger partial charge in [0.25, 0.3) is 0 Å². The van der Waals surface area contributed by atoms with E-state index in [1.54, 1.807) is 13.8 Å². The minimum atomic E-state index is -1.05. The summed E-state index contributed by atoms with van der Waals surface area (Å²) in [5.74, 6) is -1.39. The summed E-state index contributed by atoms with van der Waals surface area (Å²) in [5.41, 5.74) is 4.17. The van der Waals surface area contributed by atoms with Crippen molar-refractivity contribution in [1.29, 1.82) is 0 Å². The van der Waals surface area contributed by atoms with Crippen molar-refractivity contribution >= 4 is 17.9 Å². The van der Waals surface area contributed by atoms with E-state index in [4.69, 9.17) is 10.8 Å². The van der Waals surface area contributed by atoms with Crippen LogP contribution in [0.2, 0.25) is 0 Å². The molecule has 7 heteroatoms. The van der Waals surface area contributed by atoms with Gasteiger partial charge in [0.05, 0.1) is 0 Å². The Hall–Kier alpha value is -1.79. The fraction of sp³-hybridized carbons (Fsp3) is 0.750. The first-order valence-electron chi connectivity index (χ1n) is 6.39. The molecule has 5 N–H and O–H groups in total. The molecule has 0 aromatic carbocycles. The van der Waals surface area contributed by atoms with Crippen LogP contribution in [0, 0.1) is 0 Å². The Morgan fingerprint density at radius 3 is 2.32 bits per heavy atom. The van der Waals surface area contributed by atoms with Crippen LogP contribution in [0.5, 0.6) is 0 Å². The maximum atomic E-state index is 11.5. The third-order valence-electron chi connectivity index (χ3n) is 2.99. The molecule has 0 fully saturated rings. The highest BCUT2D eigenvalue weighted by Gasteiger charge is 2.30. The van der Waals surface area contributed by atoms with Crippen LogP contribution >= 0.6 is 0 Å². The van der Waals surface area contributed by atoms with E-state index < -0.39 is 23.4 Å². The van der Waals surface area contributed by atoms with E-state index >= 15 is 0 Å². The van der Waals surface area contributed by atoms with Crippen LogP contribution in [0.1, 0.15) is 46.0 Å². The van der Waals surface area contributed by atoms with Crippen molar-refractivity contribution in [3.63, 3.8) is 0 Å². The van der Waals surface area contributed by atoms with Gasteiger partial charge in [0, 0.05) is 13.0 Å². The zero-order valence-corrected chi connectivity index (χ0v) is 11.5. The first-order valence-corrected chi connectivity index (χ1v) is 6.39. The van der Waals surface area contributed by atoms with Gasteiger partial charge in [-0.05, 0) is 26.2 Å². The molecule has 0 saturated carbocycles. The molecule has 0 saturated heterocycles. The number of aliphatic carboxylic acids is 1. The molecule has 0 spiro atoms. The molecule has 1 atom stereocenters. The van der Waals surface area contributed by atoms with Gasteiger partial charge in [-0.2, -0.15) is 0 Å². The smallest absolute Gasteiger partial charge is 0.315 e. The summed E-state index contributed by atoms with van der Waals surface area (Å²) >= 11 is 0. The van der Waals surface area contributed by atoms with Gasteiger partial charge in [0.15, 0.2) is 0 Å². The molecule has 0 radical (unpaired) electrons. The number of hydrogen-bond acceptors (Lipinski definition) is 3. The molecule has 0 aromatic rings. The number of nitrogens with one attached hydrogen (secondary N) is 2. The fourth-order valence-corrected chi connectivity index (χ4v) is 1.40. The largest absolute Gasteiger partial charge is 0.481 e. The van der Waals surface area contributed by atoms with E-state index in [1.165, 1.54) is 0 Å². The Balaban J connectivity index is 3.81. The fourth-order valence-electron chi connectivity index (χ4n) is 1.40. The van der Waals surface area contributed by atoms with E-state index in [9.17, 15) is 14.4 Å². The number of carbonyl (C=O) groups is 3. The number of hydrogen-bond donors (Lipinski definition) is 4. The number of carbonyl (C=O) groups excluding carboxylic acids is 2. The first kappa shape index (κ1) is 17.2. The monoisotopic (exact) mass is 273 g/mol. The van der Waals surface area contributed by atoms with Crippen molar-refractivity contribution in [2.75, 3.05) is 6.54 Å². The third-order valence-corrected chi connectivity index (χ3v) is 2.99. The van der Waals surface area contributed by atoms with Gasteiger partial charge in [0.1, 0.15) is 5.54 Å². The lowest BCUT2D eigenvalue weighted by Gasteiger charge is -2.25. The van der Waals surface area contributed by atoms with Crippen LogP contribution in [0.4, 0.5) is 4.79 Å². The lowest BCUT2D eigenvalue weighted by atomic mass is 9.98. The van der Waals surface area contributed by atoms with E-state index in [0.717, 1.165) is 6.42 Å². The van der Waals surface area contributed by atoms with Crippen molar-refractivity contribution in [3.05, 3.63) is 0 Å². The van der Waals surface area contributed by atoms with Crippen molar-refractivity contribution in [2.45, 2.75) is 51.5 Å². The lowest BCUT2D eigenvalue weighted by molar-refractivity contribution is -0.137. The van der Waals surface area contributed by atoms with Crippen molar-refractivity contribution < 1.29 is 19.5 Å². The molecule has 0 aliphatic heterocycles. The van der Waals surface area contributed by atoms with Gasteiger partial charge in [0.2, 0.25) is 5.91 Å². The average molecular weight is 273 g/mol. The Labute approximate surface area is 112 Å². The number of rotatable bonds is 9. The zero-order valence-electron chi connectivity index (χ0n) is 11.5. The van der Waals surface area contributed by atoms with Gasteiger partial charge >= 0.3 is 12.0 Å². The molecule has 3 amide bonds. The number of urea groups is 1. The van der Waals surface area contributed by atoms with E-state index in [1.807, 2.05) is 0 Å². The first-order chi connectivity index (χ1) is 8.81. The summed E-state index contributed by atoms with van der Waals surface area (Å²) in [7, 11) is 0. The number of carboxylic acids is 1. The second-order valence-corrected chi connectivity index (χ2v) is 4.64. The second-order valence-electron chi connectivity index (χ2n) is 4.64. The van der Waals surface area contributed by atoms with Gasteiger partial charge in [-0.15, -0.1) is 0 Å². The lowest BCUT2D eigenvalue weighted by Crippen LogP contribution is -2.57. The molecule has 19 heavy (non-hydrogen) atoms. The van der Waals surface area contributed by atoms with Crippen molar-refractivity contribution in [1.82, 2.24) is 10.6 Å². The van der Waals surface area contributed by atoms with Gasteiger partial charge in [-0.1, -0.05) is 13.3 Å². The molecule has 0 heterocycles. The van der Waals surface area contributed by atoms with Crippen LogP contribution in [-0.4, -0.2) is 35.1 Å². The minimum Gasteiger partial charge on any atom is -0.481 e. The summed E-state index contributed by atoms with van der Waals surface area (Å²) < 4.78 is 0. The summed E-state index contributed by atoms with van der Waals surface area (Å²) in [5, 5.41) is 13.6. The predicted molar refractivity (Wildman–Crippen MR) is 70.5 cm³/mol. The van der Waals surface area contributed by atoms with Gasteiger partial charge in [-0.25, -0.2) is 4.79 Å². The van der Waals surface area contributed by atoms with Gasteiger partial charge < -0.3 is 21.5 Å². The Bertz CT molecular complexity index is 333. The number of amides is 3. The van der Waals surface area contributed by atoms with E-state index in [-0.39, 0.29) is 6.42 Å². The highest BCUT2D eigenvalue weighted by molar-refractivity contribution is 5.89. The van der Waals surface area contributed by atoms with Crippen LogP contribution in [-0.2, 0) is 9.59 Å². The molecule has 0 aliphatic carbocycles. The zero-order chi connectivity index (χ0) is 14.9. The third kappa shape index (κ3) is 7.28. The van der Waals surface area contributed by atoms with Crippen LogP contribution in [0.3, 0.4) is 0 Å². The summed E-state index contributed by atoms with van der Waals surface area (Å²) in [6.45, 7) is 3.77. The molecule has 0 rings (SSSR count). The van der Waals surface area contributed by atoms with Crippen molar-refractivity contribution in [3.8, 4) is 0 Å². The number of unbranched alkanes of at least 4 members (excludes halogenated alkanes) is 2. The maximum absolute atomic E-state index is 11.5. The summed E-state index contributed by atoms with van der Waals surface area (Å²) in [6, 6.07) is -0.443. The van der Waals surface area contributed by atoms with Crippen LogP contribution in [0.25, 0.3) is 0 Å². The molecule has 110 valence electrons. The molecular formula is C12H23N3O4. The van der Waals surface area contributed by atoms with E-state index in [0.29, 0.717) is 25.8 Å². The Kier molecular flexibility index (Phi) is 7.55. The standard InChI is InChI=1S/C12H23N3O4/c1-3-12(2,10(13)18)15-11(19)14-8-6-4-5-7-9(16)17/h3-8H2,1-2H3,(H2,13,18)(H,16,17)(H2,14,15,19). The van der Waals surface area contributed by atoms with Crippen molar-refractivity contribution in [2.24, 2.45) is 5.73 Å². The quantitative estimate of drug-likeness (QED) is 0.459. The molecule has 0 aromatic heterocycles. The predicted octanol–water partition coefficient (Wildman–Crippen LogP) is 0.585. The Morgan fingerprint density at radius 1 is 1.21 bits per heavy atom. The summed E-state index contributed by atoms with van der Waals surface area (Å²) in [6.07, 6.45) is 2.57. The molecular weight excluding hydrogens is 250 g/mol. The normalized spacial score (nSPS) is 13.4. The molecule has 0 bridgehead atoms. The average Bonchev–Trinajstić information content (AvgIpc) is 2.32. The molecule has 1 unspecified atom stereocenters. The summed E-state index contributed by atoms with van der Waals surface area (Å²) in [4.78, 5) is 33.0. The number of primary amides is 1. The van der Waals surface area contributed by atoms with Gasteiger partial charge in [-0.3, -0.25) is 9.59 Å². The number of nitrogens with two attached hydrogens (primary N) is 1.